The van der Waals surface area contributed by atoms with Crippen molar-refractivity contribution in [3.8, 4) is 5.75 Å². The van der Waals surface area contributed by atoms with Gasteiger partial charge in [-0.1, -0.05) is 30.7 Å². The van der Waals surface area contributed by atoms with Crippen LogP contribution in [0.2, 0.25) is 5.02 Å². The van der Waals surface area contributed by atoms with Crippen LogP contribution >= 0.6 is 11.6 Å². The van der Waals surface area contributed by atoms with Crippen molar-refractivity contribution in [2.24, 2.45) is 5.73 Å². The summed E-state index contributed by atoms with van der Waals surface area (Å²) in [5, 5.41) is 0.495. The van der Waals surface area contributed by atoms with E-state index in [9.17, 15) is 4.39 Å². The third-order valence-electron chi connectivity index (χ3n) is 3.15. The lowest BCUT2D eigenvalue weighted by atomic mass is 10.1. The minimum Gasteiger partial charge on any atom is -0.489 e. The predicted octanol–water partition coefficient (Wildman–Crippen LogP) is 4.47. The van der Waals surface area contributed by atoms with Gasteiger partial charge in [0.15, 0.2) is 0 Å². The highest BCUT2D eigenvalue weighted by Crippen LogP contribution is 2.20. The van der Waals surface area contributed by atoms with Crippen LogP contribution in [0.3, 0.4) is 0 Å². The molecule has 2 N–H and O–H groups in total. The van der Waals surface area contributed by atoms with E-state index in [2.05, 4.69) is 0 Å². The van der Waals surface area contributed by atoms with Gasteiger partial charge in [0.05, 0.1) is 0 Å². The topological polar surface area (TPSA) is 35.2 Å². The molecule has 0 aliphatic heterocycles. The van der Waals surface area contributed by atoms with Crippen LogP contribution < -0.4 is 10.5 Å². The highest BCUT2D eigenvalue weighted by atomic mass is 35.5. The second-order valence-electron chi connectivity index (χ2n) is 4.61. The van der Waals surface area contributed by atoms with Crippen molar-refractivity contribution >= 4 is 11.6 Å². The van der Waals surface area contributed by atoms with Crippen LogP contribution in [-0.4, -0.2) is 0 Å². The Morgan fingerprint density at radius 3 is 2.55 bits per heavy atom. The van der Waals surface area contributed by atoms with Gasteiger partial charge in [-0.2, -0.15) is 0 Å². The maximum absolute atomic E-state index is 13.5. The molecule has 1 atom stereocenters. The number of rotatable bonds is 5. The molecule has 0 bridgehead atoms. The Morgan fingerprint density at radius 2 is 1.90 bits per heavy atom. The van der Waals surface area contributed by atoms with Gasteiger partial charge in [0.1, 0.15) is 18.2 Å². The molecule has 20 heavy (non-hydrogen) atoms. The second kappa shape index (κ2) is 6.73. The Morgan fingerprint density at radius 1 is 1.20 bits per heavy atom. The average Bonchev–Trinajstić information content (AvgIpc) is 2.48. The second-order valence-corrected chi connectivity index (χ2v) is 5.04. The highest BCUT2D eigenvalue weighted by molar-refractivity contribution is 6.30. The zero-order valence-corrected chi connectivity index (χ0v) is 12.0. The summed E-state index contributed by atoms with van der Waals surface area (Å²) in [6, 6.07) is 12.0. The molecule has 106 valence electrons. The first-order chi connectivity index (χ1) is 9.60. The molecule has 4 heteroatoms. The first-order valence-electron chi connectivity index (χ1n) is 6.52. The summed E-state index contributed by atoms with van der Waals surface area (Å²) in [6.45, 7) is 2.18. The maximum atomic E-state index is 13.5. The molecule has 0 saturated heterocycles. The number of hydrogen-bond acceptors (Lipinski definition) is 2. The lowest BCUT2D eigenvalue weighted by Gasteiger charge is -2.11. The summed E-state index contributed by atoms with van der Waals surface area (Å²) in [4.78, 5) is 0. The van der Waals surface area contributed by atoms with E-state index >= 15 is 0 Å². The molecule has 0 amide bonds. The average molecular weight is 294 g/mol. The summed E-state index contributed by atoms with van der Waals surface area (Å²) in [6.07, 6.45) is 0.883. The van der Waals surface area contributed by atoms with Gasteiger partial charge in [0.2, 0.25) is 0 Å². The first kappa shape index (κ1) is 14.8. The number of ether oxygens (including phenoxy) is 1. The number of nitrogens with two attached hydrogens (primary N) is 1. The molecule has 2 nitrogen and oxygen atoms in total. The van der Waals surface area contributed by atoms with Crippen LogP contribution in [0.5, 0.6) is 5.75 Å². The van der Waals surface area contributed by atoms with Crippen LogP contribution in [0.25, 0.3) is 0 Å². The lowest BCUT2D eigenvalue weighted by molar-refractivity contribution is 0.299. The van der Waals surface area contributed by atoms with E-state index in [0.717, 1.165) is 12.0 Å². The molecule has 0 fully saturated rings. The molecule has 2 rings (SSSR count). The third kappa shape index (κ3) is 3.71. The number of halogens is 2. The van der Waals surface area contributed by atoms with Gasteiger partial charge in [-0.25, -0.2) is 4.39 Å². The van der Waals surface area contributed by atoms with Gasteiger partial charge in [-0.15, -0.1) is 0 Å². The Balaban J connectivity index is 2.02. The first-order valence-corrected chi connectivity index (χ1v) is 6.90. The fourth-order valence-electron chi connectivity index (χ4n) is 1.86. The van der Waals surface area contributed by atoms with Crippen molar-refractivity contribution in [1.29, 1.82) is 0 Å². The lowest BCUT2D eigenvalue weighted by Crippen LogP contribution is -2.08. The van der Waals surface area contributed by atoms with Gasteiger partial charge in [-0.05, 0) is 42.3 Å². The van der Waals surface area contributed by atoms with Gasteiger partial charge in [-0.3, -0.25) is 0 Å². The van der Waals surface area contributed by atoms with E-state index in [1.54, 1.807) is 6.07 Å². The molecule has 0 aromatic heterocycles. The minimum atomic E-state index is -0.320. The van der Waals surface area contributed by atoms with Crippen molar-refractivity contribution < 1.29 is 9.13 Å². The van der Waals surface area contributed by atoms with Crippen LogP contribution in [0.1, 0.15) is 30.5 Å². The van der Waals surface area contributed by atoms with E-state index in [4.69, 9.17) is 22.1 Å². The molecular formula is C16H17ClFNO. The molecule has 0 heterocycles. The van der Waals surface area contributed by atoms with Crippen molar-refractivity contribution in [3.05, 3.63) is 64.4 Å². The monoisotopic (exact) mass is 293 g/mol. The SMILES string of the molecule is CC[C@H](N)c1ccc(OCc2cc(Cl)ccc2F)cc1. The summed E-state index contributed by atoms with van der Waals surface area (Å²) < 4.78 is 19.1. The Kier molecular flexibility index (Phi) is 4.99. The van der Waals surface area contributed by atoms with Crippen LogP contribution in [0.15, 0.2) is 42.5 Å². The molecule has 0 aliphatic carbocycles. The van der Waals surface area contributed by atoms with E-state index in [1.165, 1.54) is 12.1 Å². The summed E-state index contributed by atoms with van der Waals surface area (Å²) in [5.41, 5.74) is 7.44. The largest absolute Gasteiger partial charge is 0.489 e. The van der Waals surface area contributed by atoms with Gasteiger partial charge < -0.3 is 10.5 Å². The Hall–Kier alpha value is -1.58. The molecule has 0 spiro atoms. The van der Waals surface area contributed by atoms with Crippen molar-refractivity contribution in [2.75, 3.05) is 0 Å². The molecule has 2 aromatic rings. The van der Waals surface area contributed by atoms with Crippen LogP contribution in [-0.2, 0) is 6.61 Å². The molecule has 0 aliphatic rings. The number of benzene rings is 2. The smallest absolute Gasteiger partial charge is 0.129 e. The fourth-order valence-corrected chi connectivity index (χ4v) is 2.06. The molecule has 0 unspecified atom stereocenters. The van der Waals surface area contributed by atoms with Crippen molar-refractivity contribution in [3.63, 3.8) is 0 Å². The molecular weight excluding hydrogens is 277 g/mol. The van der Waals surface area contributed by atoms with Crippen LogP contribution in [0, 0.1) is 5.82 Å². The summed E-state index contributed by atoms with van der Waals surface area (Å²) in [5.74, 6) is 0.357. The Labute approximate surface area is 123 Å². The normalized spacial score (nSPS) is 12.2. The maximum Gasteiger partial charge on any atom is 0.129 e. The summed E-state index contributed by atoms with van der Waals surface area (Å²) >= 11 is 5.83. The van der Waals surface area contributed by atoms with Gasteiger partial charge in [0.25, 0.3) is 0 Å². The standard InChI is InChI=1S/C16H17ClFNO/c1-2-16(19)11-3-6-14(7-4-11)20-10-12-9-13(17)5-8-15(12)18/h3-9,16H,2,10,19H2,1H3/t16-/m0/s1. The van der Waals surface area contributed by atoms with E-state index in [1.807, 2.05) is 31.2 Å². The minimum absolute atomic E-state index is 0.0365. The zero-order valence-electron chi connectivity index (χ0n) is 11.3. The van der Waals surface area contributed by atoms with E-state index in [0.29, 0.717) is 16.3 Å². The van der Waals surface area contributed by atoms with Gasteiger partial charge in [0, 0.05) is 16.6 Å². The molecule has 2 aromatic carbocycles. The summed E-state index contributed by atoms with van der Waals surface area (Å²) in [7, 11) is 0. The predicted molar refractivity (Wildman–Crippen MR) is 79.4 cm³/mol. The zero-order chi connectivity index (χ0) is 14.5. The van der Waals surface area contributed by atoms with Crippen molar-refractivity contribution in [1.82, 2.24) is 0 Å². The molecule has 0 saturated carbocycles. The third-order valence-corrected chi connectivity index (χ3v) is 3.39. The van der Waals surface area contributed by atoms with Gasteiger partial charge >= 0.3 is 0 Å². The Bertz CT molecular complexity index is 571. The van der Waals surface area contributed by atoms with Crippen LogP contribution in [0.4, 0.5) is 4.39 Å². The van der Waals surface area contributed by atoms with E-state index < -0.39 is 0 Å². The van der Waals surface area contributed by atoms with E-state index in [-0.39, 0.29) is 18.5 Å². The fraction of sp³-hybridized carbons (Fsp3) is 0.250. The quantitative estimate of drug-likeness (QED) is 0.883. The highest BCUT2D eigenvalue weighted by Gasteiger charge is 2.06. The number of hydrogen-bond donors (Lipinski definition) is 1. The van der Waals surface area contributed by atoms with Crippen molar-refractivity contribution in [2.45, 2.75) is 26.0 Å². The molecule has 0 radical (unpaired) electrons.